The van der Waals surface area contributed by atoms with Crippen molar-refractivity contribution >= 4 is 5.69 Å². The molecule has 5 heteroatoms. The summed E-state index contributed by atoms with van der Waals surface area (Å²) in [5, 5.41) is 17.7. The molecule has 0 saturated carbocycles. The van der Waals surface area contributed by atoms with Gasteiger partial charge in [-0.1, -0.05) is 6.07 Å². The summed E-state index contributed by atoms with van der Waals surface area (Å²) in [5.41, 5.74) is 1.81. The predicted molar refractivity (Wildman–Crippen MR) is 76.6 cm³/mol. The molecule has 0 N–H and O–H groups in total. The molecule has 21 heavy (non-hydrogen) atoms. The molecule has 0 radical (unpaired) electrons. The molecule has 0 aliphatic heterocycles. The first kappa shape index (κ1) is 14.5. The number of aromatic nitrogens is 1. The molecule has 1 heterocycles. The van der Waals surface area contributed by atoms with Crippen LogP contribution in [0, 0.1) is 28.5 Å². The average Bonchev–Trinajstić information content (AvgIpc) is 2.51. The lowest BCUT2D eigenvalue weighted by molar-refractivity contribution is 0.625. The second kappa shape index (κ2) is 7.02. The summed E-state index contributed by atoms with van der Waals surface area (Å²) in [4.78, 5) is 5.91. The highest BCUT2D eigenvalue weighted by Crippen LogP contribution is 2.20. The van der Waals surface area contributed by atoms with Crippen LogP contribution in [-0.2, 0) is 6.54 Å². The third-order valence-electron chi connectivity index (χ3n) is 2.97. The predicted octanol–water partition coefficient (Wildman–Crippen LogP) is 3.01. The number of nitriles is 2. The largest absolute Gasteiger partial charge is 0.366 e. The first-order chi connectivity index (χ1) is 10.2. The maximum atomic E-state index is 13.6. The fourth-order valence-electron chi connectivity index (χ4n) is 2.02. The lowest BCUT2D eigenvalue weighted by Crippen LogP contribution is -2.24. The molecule has 0 amide bonds. The van der Waals surface area contributed by atoms with Crippen LogP contribution in [0.5, 0.6) is 0 Å². The van der Waals surface area contributed by atoms with Gasteiger partial charge in [-0.2, -0.15) is 10.5 Å². The second-order valence-electron chi connectivity index (χ2n) is 4.50. The fraction of sp³-hybridized carbons (Fsp3) is 0.188. The van der Waals surface area contributed by atoms with E-state index in [1.807, 2.05) is 23.1 Å². The molecular formula is C16H13FN4. The summed E-state index contributed by atoms with van der Waals surface area (Å²) in [6.45, 7) is 0.962. The number of hydrogen-bond donors (Lipinski definition) is 0. The number of anilines is 1. The van der Waals surface area contributed by atoms with Crippen molar-refractivity contribution in [2.75, 3.05) is 11.4 Å². The van der Waals surface area contributed by atoms with Gasteiger partial charge < -0.3 is 4.90 Å². The molecule has 104 valence electrons. The van der Waals surface area contributed by atoms with Crippen molar-refractivity contribution in [3.63, 3.8) is 0 Å². The molecule has 0 unspecified atom stereocenters. The quantitative estimate of drug-likeness (QED) is 0.844. The Morgan fingerprint density at radius 1 is 1.24 bits per heavy atom. The van der Waals surface area contributed by atoms with Crippen molar-refractivity contribution in [3.8, 4) is 12.1 Å². The van der Waals surface area contributed by atoms with Gasteiger partial charge in [-0.15, -0.1) is 0 Å². The molecule has 0 aliphatic carbocycles. The number of benzene rings is 1. The van der Waals surface area contributed by atoms with Crippen molar-refractivity contribution in [1.29, 1.82) is 10.5 Å². The molecule has 0 spiro atoms. The Morgan fingerprint density at radius 2 is 2.10 bits per heavy atom. The standard InChI is InChI=1S/C16H13FN4/c17-15-7-14(10-19)8-16(9-15)21(6-2-4-18)12-13-3-1-5-20-11-13/h1,3,5,7-9,11H,2,6,12H2. The van der Waals surface area contributed by atoms with E-state index in [-0.39, 0.29) is 5.56 Å². The first-order valence-corrected chi connectivity index (χ1v) is 6.44. The van der Waals surface area contributed by atoms with E-state index in [2.05, 4.69) is 11.1 Å². The van der Waals surface area contributed by atoms with Gasteiger partial charge in [0.1, 0.15) is 5.82 Å². The summed E-state index contributed by atoms with van der Waals surface area (Å²) in [6.07, 6.45) is 3.72. The average molecular weight is 280 g/mol. The van der Waals surface area contributed by atoms with Gasteiger partial charge in [0.2, 0.25) is 0 Å². The molecule has 0 bridgehead atoms. The maximum absolute atomic E-state index is 13.6. The van der Waals surface area contributed by atoms with E-state index in [4.69, 9.17) is 10.5 Å². The monoisotopic (exact) mass is 280 g/mol. The zero-order valence-corrected chi connectivity index (χ0v) is 11.3. The summed E-state index contributed by atoms with van der Waals surface area (Å²) in [7, 11) is 0. The zero-order chi connectivity index (χ0) is 15.1. The van der Waals surface area contributed by atoms with Gasteiger partial charge in [0.15, 0.2) is 0 Å². The minimum absolute atomic E-state index is 0.262. The Bertz CT molecular complexity index is 686. The number of halogens is 1. The lowest BCUT2D eigenvalue weighted by atomic mass is 10.1. The highest BCUT2D eigenvalue weighted by molar-refractivity contribution is 5.52. The van der Waals surface area contributed by atoms with Crippen LogP contribution in [0.1, 0.15) is 17.5 Å². The molecule has 0 aliphatic rings. The Kier molecular flexibility index (Phi) is 4.84. The smallest absolute Gasteiger partial charge is 0.126 e. The van der Waals surface area contributed by atoms with Crippen molar-refractivity contribution in [2.45, 2.75) is 13.0 Å². The van der Waals surface area contributed by atoms with Gasteiger partial charge in [0, 0.05) is 31.2 Å². The van der Waals surface area contributed by atoms with E-state index in [0.717, 1.165) is 5.56 Å². The molecule has 0 atom stereocenters. The van der Waals surface area contributed by atoms with Crippen molar-refractivity contribution in [3.05, 3.63) is 59.7 Å². The minimum Gasteiger partial charge on any atom is -0.366 e. The molecule has 4 nitrogen and oxygen atoms in total. The van der Waals surface area contributed by atoms with Crippen LogP contribution in [0.3, 0.4) is 0 Å². The molecule has 2 aromatic rings. The van der Waals surface area contributed by atoms with Gasteiger partial charge >= 0.3 is 0 Å². The number of hydrogen-bond acceptors (Lipinski definition) is 4. The van der Waals surface area contributed by atoms with Crippen molar-refractivity contribution in [1.82, 2.24) is 4.98 Å². The summed E-state index contributed by atoms with van der Waals surface area (Å²) in [5.74, 6) is -0.461. The summed E-state index contributed by atoms with van der Waals surface area (Å²) < 4.78 is 13.6. The molecule has 0 saturated heterocycles. The minimum atomic E-state index is -0.461. The van der Waals surface area contributed by atoms with Crippen LogP contribution in [0.15, 0.2) is 42.7 Å². The molecule has 1 aromatic heterocycles. The Morgan fingerprint density at radius 3 is 2.76 bits per heavy atom. The normalized spacial score (nSPS) is 9.67. The van der Waals surface area contributed by atoms with Gasteiger partial charge in [0.25, 0.3) is 0 Å². The van der Waals surface area contributed by atoms with Gasteiger partial charge in [0.05, 0.1) is 24.1 Å². The van der Waals surface area contributed by atoms with Gasteiger partial charge in [-0.05, 0) is 29.8 Å². The highest BCUT2D eigenvalue weighted by Gasteiger charge is 2.10. The number of nitrogens with zero attached hydrogens (tertiary/aromatic N) is 4. The lowest BCUT2D eigenvalue weighted by Gasteiger charge is -2.24. The van der Waals surface area contributed by atoms with Crippen molar-refractivity contribution < 1.29 is 4.39 Å². The SMILES string of the molecule is N#CCCN(Cc1cccnc1)c1cc(F)cc(C#N)c1. The number of rotatable bonds is 5. The Balaban J connectivity index is 2.30. The molecule has 0 fully saturated rings. The number of pyridine rings is 1. The fourth-order valence-corrected chi connectivity index (χ4v) is 2.02. The zero-order valence-electron chi connectivity index (χ0n) is 11.3. The van der Waals surface area contributed by atoms with Crippen molar-refractivity contribution in [2.24, 2.45) is 0 Å². The van der Waals surface area contributed by atoms with Crippen LogP contribution < -0.4 is 4.90 Å². The summed E-state index contributed by atoms with van der Waals surface area (Å²) in [6, 6.07) is 11.9. The van der Waals surface area contributed by atoms with Crippen LogP contribution in [0.2, 0.25) is 0 Å². The summed E-state index contributed by atoms with van der Waals surface area (Å²) >= 11 is 0. The van der Waals surface area contributed by atoms with E-state index in [9.17, 15) is 4.39 Å². The molecule has 1 aromatic carbocycles. The van der Waals surface area contributed by atoms with E-state index in [0.29, 0.717) is 25.2 Å². The molecular weight excluding hydrogens is 267 g/mol. The van der Waals surface area contributed by atoms with Gasteiger partial charge in [-0.25, -0.2) is 4.39 Å². The second-order valence-corrected chi connectivity index (χ2v) is 4.50. The highest BCUT2D eigenvalue weighted by atomic mass is 19.1. The van der Waals surface area contributed by atoms with E-state index >= 15 is 0 Å². The third kappa shape index (κ3) is 4.02. The van der Waals surface area contributed by atoms with Crippen LogP contribution in [0.25, 0.3) is 0 Å². The van der Waals surface area contributed by atoms with Crippen LogP contribution >= 0.6 is 0 Å². The van der Waals surface area contributed by atoms with Crippen LogP contribution in [-0.4, -0.2) is 11.5 Å². The molecule has 2 rings (SSSR count). The van der Waals surface area contributed by atoms with E-state index in [1.165, 1.54) is 12.1 Å². The Labute approximate surface area is 122 Å². The first-order valence-electron chi connectivity index (χ1n) is 6.44. The topological polar surface area (TPSA) is 63.7 Å². The van der Waals surface area contributed by atoms with Gasteiger partial charge in [-0.3, -0.25) is 4.98 Å². The maximum Gasteiger partial charge on any atom is 0.126 e. The Hall–Kier alpha value is -2.92. The van der Waals surface area contributed by atoms with E-state index in [1.54, 1.807) is 18.5 Å². The van der Waals surface area contributed by atoms with Crippen LogP contribution in [0.4, 0.5) is 10.1 Å². The third-order valence-corrected chi connectivity index (χ3v) is 2.97. The van der Waals surface area contributed by atoms with E-state index < -0.39 is 5.82 Å².